The van der Waals surface area contributed by atoms with Crippen LogP contribution in [0, 0.1) is 5.92 Å². The minimum absolute atomic E-state index is 0.201. The van der Waals surface area contributed by atoms with Crippen LogP contribution < -0.4 is 4.74 Å². The van der Waals surface area contributed by atoms with E-state index in [9.17, 15) is 4.79 Å². The largest absolute Gasteiger partial charge is 0.493 e. The van der Waals surface area contributed by atoms with Crippen molar-refractivity contribution in [3.8, 4) is 5.75 Å². The molecule has 0 aromatic heterocycles. The topological polar surface area (TPSA) is 26.3 Å². The van der Waals surface area contributed by atoms with Gasteiger partial charge >= 0.3 is 0 Å². The van der Waals surface area contributed by atoms with Gasteiger partial charge in [-0.3, -0.25) is 4.79 Å². The smallest absolute Gasteiger partial charge is 0.166 e. The monoisotopic (exact) mass is 282 g/mol. The Morgan fingerprint density at radius 2 is 2.25 bits per heavy atom. The SMILES string of the molecule is CCOc1ccc(Br)cc1C(=O)CC1CC1. The summed E-state index contributed by atoms with van der Waals surface area (Å²) in [6.45, 7) is 2.52. The van der Waals surface area contributed by atoms with E-state index in [0.29, 0.717) is 30.3 Å². The molecule has 0 N–H and O–H groups in total. The minimum Gasteiger partial charge on any atom is -0.493 e. The number of carbonyl (C=O) groups is 1. The standard InChI is InChI=1S/C13H15BrO2/c1-2-16-13-6-5-10(14)8-11(13)12(15)7-9-3-4-9/h5-6,8-9H,2-4,7H2,1H3. The number of ether oxygens (including phenoxy) is 1. The van der Waals surface area contributed by atoms with Gasteiger partial charge in [-0.05, 0) is 43.9 Å². The third-order valence-corrected chi connectivity index (χ3v) is 3.21. The highest BCUT2D eigenvalue weighted by Crippen LogP contribution is 2.35. The Labute approximate surface area is 104 Å². The van der Waals surface area contributed by atoms with Gasteiger partial charge in [0.15, 0.2) is 5.78 Å². The molecule has 1 saturated carbocycles. The first kappa shape index (κ1) is 11.6. The molecule has 0 spiro atoms. The Hall–Kier alpha value is -0.830. The van der Waals surface area contributed by atoms with Gasteiger partial charge < -0.3 is 4.74 Å². The highest BCUT2D eigenvalue weighted by molar-refractivity contribution is 9.10. The van der Waals surface area contributed by atoms with E-state index < -0.39 is 0 Å². The van der Waals surface area contributed by atoms with Gasteiger partial charge in [-0.1, -0.05) is 15.9 Å². The lowest BCUT2D eigenvalue weighted by Crippen LogP contribution is -2.04. The zero-order valence-electron chi connectivity index (χ0n) is 9.33. The second-order valence-electron chi connectivity index (χ2n) is 4.14. The van der Waals surface area contributed by atoms with E-state index in [0.717, 1.165) is 4.47 Å². The summed E-state index contributed by atoms with van der Waals surface area (Å²) in [7, 11) is 0. The van der Waals surface area contributed by atoms with Crippen molar-refractivity contribution in [2.75, 3.05) is 6.61 Å². The van der Waals surface area contributed by atoms with E-state index in [1.807, 2.05) is 25.1 Å². The van der Waals surface area contributed by atoms with E-state index in [2.05, 4.69) is 15.9 Å². The molecule has 0 radical (unpaired) electrons. The average molecular weight is 283 g/mol. The third kappa shape index (κ3) is 2.85. The van der Waals surface area contributed by atoms with E-state index in [1.165, 1.54) is 12.8 Å². The molecule has 86 valence electrons. The molecule has 0 unspecified atom stereocenters. The molecule has 0 heterocycles. The van der Waals surface area contributed by atoms with Crippen LogP contribution in [0.4, 0.5) is 0 Å². The summed E-state index contributed by atoms with van der Waals surface area (Å²) in [5.74, 6) is 1.52. The minimum atomic E-state index is 0.201. The van der Waals surface area contributed by atoms with Gasteiger partial charge in [0, 0.05) is 10.9 Å². The van der Waals surface area contributed by atoms with Crippen molar-refractivity contribution in [2.45, 2.75) is 26.2 Å². The van der Waals surface area contributed by atoms with Crippen LogP contribution in [0.2, 0.25) is 0 Å². The first-order chi connectivity index (χ1) is 7.70. The number of benzene rings is 1. The molecule has 1 aromatic rings. The van der Waals surface area contributed by atoms with E-state index >= 15 is 0 Å². The Bertz CT molecular complexity index is 397. The molecule has 2 rings (SSSR count). The Balaban J connectivity index is 2.20. The van der Waals surface area contributed by atoms with E-state index in [-0.39, 0.29) is 5.78 Å². The molecule has 1 aromatic carbocycles. The molecule has 1 aliphatic carbocycles. The predicted octanol–water partition coefficient (Wildman–Crippen LogP) is 3.83. The van der Waals surface area contributed by atoms with Gasteiger partial charge in [-0.25, -0.2) is 0 Å². The van der Waals surface area contributed by atoms with Crippen molar-refractivity contribution in [1.82, 2.24) is 0 Å². The van der Waals surface area contributed by atoms with Crippen molar-refractivity contribution in [3.63, 3.8) is 0 Å². The summed E-state index contributed by atoms with van der Waals surface area (Å²) in [6, 6.07) is 5.61. The molecule has 1 fully saturated rings. The van der Waals surface area contributed by atoms with Gasteiger partial charge in [0.05, 0.1) is 12.2 Å². The highest BCUT2D eigenvalue weighted by Gasteiger charge is 2.26. The fourth-order valence-electron chi connectivity index (χ4n) is 1.70. The van der Waals surface area contributed by atoms with Crippen LogP contribution in [0.3, 0.4) is 0 Å². The lowest BCUT2D eigenvalue weighted by Gasteiger charge is -2.09. The van der Waals surface area contributed by atoms with Crippen LogP contribution in [0.25, 0.3) is 0 Å². The highest BCUT2D eigenvalue weighted by atomic mass is 79.9. The molecule has 16 heavy (non-hydrogen) atoms. The molecule has 0 saturated heterocycles. The zero-order valence-corrected chi connectivity index (χ0v) is 10.9. The number of rotatable bonds is 5. The van der Waals surface area contributed by atoms with Crippen LogP contribution in [0.5, 0.6) is 5.75 Å². The lowest BCUT2D eigenvalue weighted by molar-refractivity contribution is 0.0972. The summed E-state index contributed by atoms with van der Waals surface area (Å²) in [6.07, 6.45) is 3.06. The molecule has 2 nitrogen and oxygen atoms in total. The lowest BCUT2D eigenvalue weighted by atomic mass is 10.0. The Morgan fingerprint density at radius 1 is 1.50 bits per heavy atom. The summed E-state index contributed by atoms with van der Waals surface area (Å²) in [5.41, 5.74) is 0.711. The van der Waals surface area contributed by atoms with Crippen LogP contribution >= 0.6 is 15.9 Å². The summed E-state index contributed by atoms with van der Waals surface area (Å²) in [4.78, 5) is 12.0. The predicted molar refractivity (Wildman–Crippen MR) is 67.0 cm³/mol. The molecule has 3 heteroatoms. The summed E-state index contributed by atoms with van der Waals surface area (Å²) < 4.78 is 6.40. The molecular formula is C13H15BrO2. The van der Waals surface area contributed by atoms with Gasteiger partial charge in [0.1, 0.15) is 5.75 Å². The molecule has 0 atom stereocenters. The maximum Gasteiger partial charge on any atom is 0.166 e. The average Bonchev–Trinajstić information content (AvgIpc) is 3.05. The maximum atomic E-state index is 12.0. The van der Waals surface area contributed by atoms with Crippen LogP contribution in [-0.4, -0.2) is 12.4 Å². The molecule has 1 aliphatic rings. The Kier molecular flexibility index (Phi) is 3.64. The second-order valence-corrected chi connectivity index (χ2v) is 5.06. The first-order valence-corrected chi connectivity index (χ1v) is 6.45. The third-order valence-electron chi connectivity index (χ3n) is 2.71. The number of hydrogen-bond acceptors (Lipinski definition) is 2. The van der Waals surface area contributed by atoms with Crippen molar-refractivity contribution < 1.29 is 9.53 Å². The number of carbonyl (C=O) groups excluding carboxylic acids is 1. The molecule has 0 aliphatic heterocycles. The fraction of sp³-hybridized carbons (Fsp3) is 0.462. The zero-order chi connectivity index (χ0) is 11.5. The first-order valence-electron chi connectivity index (χ1n) is 5.66. The number of halogens is 1. The van der Waals surface area contributed by atoms with Crippen molar-refractivity contribution >= 4 is 21.7 Å². The summed E-state index contributed by atoms with van der Waals surface area (Å²) in [5, 5.41) is 0. The van der Waals surface area contributed by atoms with Crippen molar-refractivity contribution in [2.24, 2.45) is 5.92 Å². The number of hydrogen-bond donors (Lipinski definition) is 0. The molecule has 0 amide bonds. The van der Waals surface area contributed by atoms with Gasteiger partial charge in [0.25, 0.3) is 0 Å². The fourth-order valence-corrected chi connectivity index (χ4v) is 2.06. The van der Waals surface area contributed by atoms with Crippen molar-refractivity contribution in [3.05, 3.63) is 28.2 Å². The quantitative estimate of drug-likeness (QED) is 0.768. The van der Waals surface area contributed by atoms with Gasteiger partial charge in [-0.2, -0.15) is 0 Å². The normalized spacial score (nSPS) is 14.9. The molecule has 0 bridgehead atoms. The van der Waals surface area contributed by atoms with Crippen LogP contribution in [-0.2, 0) is 0 Å². The maximum absolute atomic E-state index is 12.0. The van der Waals surface area contributed by atoms with Crippen molar-refractivity contribution in [1.29, 1.82) is 0 Å². The second kappa shape index (κ2) is 5.00. The number of ketones is 1. The number of Topliss-reactive ketones (excluding diaryl/α,β-unsaturated/α-hetero) is 1. The molecular weight excluding hydrogens is 268 g/mol. The van der Waals surface area contributed by atoms with Crippen LogP contribution in [0.15, 0.2) is 22.7 Å². The van der Waals surface area contributed by atoms with Crippen LogP contribution in [0.1, 0.15) is 36.5 Å². The van der Waals surface area contributed by atoms with Gasteiger partial charge in [0.2, 0.25) is 0 Å². The Morgan fingerprint density at radius 3 is 2.88 bits per heavy atom. The van der Waals surface area contributed by atoms with E-state index in [1.54, 1.807) is 0 Å². The van der Waals surface area contributed by atoms with E-state index in [4.69, 9.17) is 4.74 Å². The van der Waals surface area contributed by atoms with Gasteiger partial charge in [-0.15, -0.1) is 0 Å². The summed E-state index contributed by atoms with van der Waals surface area (Å²) >= 11 is 3.39.